The Bertz CT molecular complexity index is 492. The number of carbonyl (C=O) groups excluding carboxylic acids is 1. The molecule has 5 nitrogen and oxygen atoms in total. The summed E-state index contributed by atoms with van der Waals surface area (Å²) < 4.78 is 0. The number of allylic oxidation sites excluding steroid dienone is 1. The van der Waals surface area contributed by atoms with Crippen molar-refractivity contribution >= 4 is 29.4 Å². The van der Waals surface area contributed by atoms with Crippen LogP contribution in [0.3, 0.4) is 0 Å². The van der Waals surface area contributed by atoms with Gasteiger partial charge in [-0.05, 0) is 19.4 Å². The quantitative estimate of drug-likeness (QED) is 0.617. The van der Waals surface area contributed by atoms with Crippen molar-refractivity contribution in [2.24, 2.45) is 4.99 Å². The number of amides is 1. The van der Waals surface area contributed by atoms with Crippen molar-refractivity contribution in [3.63, 3.8) is 0 Å². The van der Waals surface area contributed by atoms with E-state index in [0.717, 1.165) is 5.71 Å². The molecule has 0 radical (unpaired) electrons. The first-order chi connectivity index (χ1) is 8.47. The third kappa shape index (κ3) is 1.86. The standard InChI is InChI=1S/C12H14N2O3S/c1-4-7-5-18-11-8(13-6(2)3)10(15)14(11)9(7)12(16)17/h4,8,11H,1,5H2,2-3H3,(H,16,17)/t8?,11-/m0/s1. The summed E-state index contributed by atoms with van der Waals surface area (Å²) in [6.07, 6.45) is 1.50. The molecule has 0 aromatic carbocycles. The van der Waals surface area contributed by atoms with Crippen LogP contribution in [0.1, 0.15) is 13.8 Å². The molecule has 96 valence electrons. The van der Waals surface area contributed by atoms with Crippen LogP contribution in [0.5, 0.6) is 0 Å². The zero-order valence-corrected chi connectivity index (χ0v) is 11.0. The van der Waals surface area contributed by atoms with E-state index in [1.807, 2.05) is 13.8 Å². The maximum atomic E-state index is 12.0. The van der Waals surface area contributed by atoms with Crippen molar-refractivity contribution in [3.05, 3.63) is 23.9 Å². The number of aliphatic imine (C=N–C) groups is 1. The third-order valence-corrected chi connectivity index (χ3v) is 4.10. The lowest BCUT2D eigenvalue weighted by Crippen LogP contribution is -2.64. The van der Waals surface area contributed by atoms with Crippen LogP contribution >= 0.6 is 11.8 Å². The zero-order chi connectivity index (χ0) is 13.4. The molecule has 1 amide bonds. The van der Waals surface area contributed by atoms with E-state index in [4.69, 9.17) is 0 Å². The predicted molar refractivity (Wildman–Crippen MR) is 70.5 cm³/mol. The normalized spacial score (nSPS) is 26.3. The fourth-order valence-corrected chi connectivity index (χ4v) is 3.37. The van der Waals surface area contributed by atoms with E-state index >= 15 is 0 Å². The molecule has 2 aliphatic rings. The Morgan fingerprint density at radius 3 is 2.78 bits per heavy atom. The van der Waals surface area contributed by atoms with Crippen LogP contribution in [0.15, 0.2) is 28.9 Å². The number of carboxylic acid groups (broad SMARTS) is 1. The Labute approximate surface area is 109 Å². The van der Waals surface area contributed by atoms with Gasteiger partial charge in [-0.25, -0.2) is 4.79 Å². The van der Waals surface area contributed by atoms with Crippen LogP contribution in [0.4, 0.5) is 0 Å². The van der Waals surface area contributed by atoms with E-state index in [2.05, 4.69) is 11.6 Å². The summed E-state index contributed by atoms with van der Waals surface area (Å²) in [7, 11) is 0. The summed E-state index contributed by atoms with van der Waals surface area (Å²) >= 11 is 1.53. The zero-order valence-electron chi connectivity index (χ0n) is 10.2. The lowest BCUT2D eigenvalue weighted by atomic mass is 10.0. The fraction of sp³-hybridized carbons (Fsp3) is 0.417. The molecule has 0 aliphatic carbocycles. The number of aliphatic carboxylic acids is 1. The van der Waals surface area contributed by atoms with Crippen LogP contribution in [0, 0.1) is 0 Å². The molecule has 2 rings (SSSR count). The van der Waals surface area contributed by atoms with Gasteiger partial charge in [0, 0.05) is 11.5 Å². The highest BCUT2D eigenvalue weighted by Gasteiger charge is 2.53. The number of carboxylic acids is 1. The molecule has 1 fully saturated rings. The Hall–Kier alpha value is -1.56. The van der Waals surface area contributed by atoms with Gasteiger partial charge in [0.05, 0.1) is 0 Å². The van der Waals surface area contributed by atoms with Gasteiger partial charge in [0.1, 0.15) is 11.1 Å². The van der Waals surface area contributed by atoms with Crippen LogP contribution in [-0.4, -0.2) is 44.8 Å². The molecule has 1 unspecified atom stereocenters. The van der Waals surface area contributed by atoms with Gasteiger partial charge in [-0.1, -0.05) is 12.7 Å². The summed E-state index contributed by atoms with van der Waals surface area (Å²) in [6.45, 7) is 7.24. The molecule has 0 aromatic rings. The molecule has 2 heterocycles. The molecule has 0 bridgehead atoms. The number of thioether (sulfide) groups is 1. The first-order valence-corrected chi connectivity index (χ1v) is 6.56. The van der Waals surface area contributed by atoms with Gasteiger partial charge in [0.15, 0.2) is 6.04 Å². The Morgan fingerprint density at radius 2 is 2.28 bits per heavy atom. The smallest absolute Gasteiger partial charge is 0.352 e. The molecule has 2 aliphatic heterocycles. The molecule has 1 N–H and O–H groups in total. The van der Waals surface area contributed by atoms with Crippen molar-refractivity contribution in [2.45, 2.75) is 25.3 Å². The predicted octanol–water partition coefficient (Wildman–Crippen LogP) is 1.28. The Kier molecular flexibility index (Phi) is 3.30. The largest absolute Gasteiger partial charge is 0.477 e. The van der Waals surface area contributed by atoms with E-state index in [0.29, 0.717) is 11.3 Å². The minimum absolute atomic E-state index is 0.0546. The van der Waals surface area contributed by atoms with Gasteiger partial charge in [-0.3, -0.25) is 14.7 Å². The fourth-order valence-electron chi connectivity index (χ4n) is 2.04. The monoisotopic (exact) mass is 266 g/mol. The third-order valence-electron chi connectivity index (χ3n) is 2.82. The number of rotatable bonds is 3. The second-order valence-electron chi connectivity index (χ2n) is 4.31. The van der Waals surface area contributed by atoms with E-state index in [-0.39, 0.29) is 17.0 Å². The number of hydrogen-bond acceptors (Lipinski definition) is 4. The van der Waals surface area contributed by atoms with Crippen molar-refractivity contribution < 1.29 is 14.7 Å². The highest BCUT2D eigenvalue weighted by atomic mass is 32.2. The SMILES string of the molecule is C=CC1=C(C(=O)O)N2C(=O)C(N=C(C)C)[C@@H]2SC1. The van der Waals surface area contributed by atoms with Gasteiger partial charge >= 0.3 is 5.97 Å². The molecule has 0 saturated carbocycles. The van der Waals surface area contributed by atoms with E-state index in [1.165, 1.54) is 22.7 Å². The summed E-state index contributed by atoms with van der Waals surface area (Å²) in [6, 6.07) is -0.444. The minimum Gasteiger partial charge on any atom is -0.477 e. The Balaban J connectivity index is 2.35. The number of hydrogen-bond donors (Lipinski definition) is 1. The van der Waals surface area contributed by atoms with Crippen molar-refractivity contribution in [1.82, 2.24) is 4.90 Å². The van der Waals surface area contributed by atoms with Crippen LogP contribution in [0.25, 0.3) is 0 Å². The number of fused-ring (bicyclic) bond motifs is 1. The van der Waals surface area contributed by atoms with Crippen molar-refractivity contribution in [1.29, 1.82) is 0 Å². The summed E-state index contributed by atoms with van der Waals surface area (Å²) in [5, 5.41) is 9.01. The van der Waals surface area contributed by atoms with Crippen LogP contribution in [0.2, 0.25) is 0 Å². The van der Waals surface area contributed by atoms with Gasteiger partial charge in [0.2, 0.25) is 0 Å². The molecular weight excluding hydrogens is 252 g/mol. The Morgan fingerprint density at radius 1 is 1.61 bits per heavy atom. The molecular formula is C12H14N2O3S. The summed E-state index contributed by atoms with van der Waals surface area (Å²) in [4.78, 5) is 28.8. The second-order valence-corrected chi connectivity index (χ2v) is 5.42. The number of nitrogens with zero attached hydrogens (tertiary/aromatic N) is 2. The first kappa shape index (κ1) is 12.9. The van der Waals surface area contributed by atoms with E-state index in [9.17, 15) is 14.7 Å². The van der Waals surface area contributed by atoms with Gasteiger partial charge in [-0.15, -0.1) is 11.8 Å². The van der Waals surface area contributed by atoms with Crippen LogP contribution < -0.4 is 0 Å². The molecule has 0 aromatic heterocycles. The lowest BCUT2D eigenvalue weighted by Gasteiger charge is -2.47. The van der Waals surface area contributed by atoms with Crippen molar-refractivity contribution in [2.75, 3.05) is 5.75 Å². The molecule has 6 heteroatoms. The summed E-state index contributed by atoms with van der Waals surface area (Å²) in [5.74, 6) is -0.779. The average molecular weight is 266 g/mol. The minimum atomic E-state index is -1.08. The lowest BCUT2D eigenvalue weighted by molar-refractivity contribution is -0.147. The average Bonchev–Trinajstić information content (AvgIpc) is 2.33. The maximum Gasteiger partial charge on any atom is 0.352 e. The molecule has 1 saturated heterocycles. The van der Waals surface area contributed by atoms with Gasteiger partial charge in [-0.2, -0.15) is 0 Å². The maximum absolute atomic E-state index is 12.0. The highest BCUT2D eigenvalue weighted by Crippen LogP contribution is 2.41. The first-order valence-electron chi connectivity index (χ1n) is 5.52. The highest BCUT2D eigenvalue weighted by molar-refractivity contribution is 8.00. The van der Waals surface area contributed by atoms with E-state index in [1.54, 1.807) is 0 Å². The second kappa shape index (κ2) is 4.61. The summed E-state index contributed by atoms with van der Waals surface area (Å²) in [5.41, 5.74) is 1.47. The van der Waals surface area contributed by atoms with Crippen molar-refractivity contribution in [3.8, 4) is 0 Å². The molecule has 0 spiro atoms. The topological polar surface area (TPSA) is 70.0 Å². The molecule has 18 heavy (non-hydrogen) atoms. The van der Waals surface area contributed by atoms with E-state index < -0.39 is 12.0 Å². The number of carbonyl (C=O) groups is 2. The van der Waals surface area contributed by atoms with Crippen LogP contribution in [-0.2, 0) is 9.59 Å². The van der Waals surface area contributed by atoms with Gasteiger partial charge in [0.25, 0.3) is 5.91 Å². The number of β-lactam (4-membered cyclic amide) rings is 1. The van der Waals surface area contributed by atoms with Gasteiger partial charge < -0.3 is 5.11 Å². The molecule has 2 atom stereocenters.